The molecular weight excluding hydrogens is 360 g/mol. The van der Waals surface area contributed by atoms with Crippen molar-refractivity contribution in [1.29, 1.82) is 0 Å². The Morgan fingerprint density at radius 3 is 2.03 bits per heavy atom. The first-order valence-corrected chi connectivity index (χ1v) is 12.0. The van der Waals surface area contributed by atoms with Gasteiger partial charge in [0, 0.05) is 0 Å². The van der Waals surface area contributed by atoms with Crippen LogP contribution in [0, 0.1) is 5.92 Å². The molecule has 0 saturated heterocycles. The van der Waals surface area contributed by atoms with E-state index in [1.165, 1.54) is 66.0 Å². The second-order valence-corrected chi connectivity index (χ2v) is 9.19. The van der Waals surface area contributed by atoms with Crippen LogP contribution in [-0.2, 0) is 19.3 Å². The summed E-state index contributed by atoms with van der Waals surface area (Å²) in [7, 11) is 0. The molecule has 0 radical (unpaired) electrons. The third-order valence-electron chi connectivity index (χ3n) is 7.16. The van der Waals surface area contributed by atoms with Crippen molar-refractivity contribution in [2.45, 2.75) is 70.6 Å². The van der Waals surface area contributed by atoms with E-state index < -0.39 is 0 Å². The van der Waals surface area contributed by atoms with Gasteiger partial charge < -0.3 is 0 Å². The van der Waals surface area contributed by atoms with E-state index in [2.05, 4.69) is 80.2 Å². The molecule has 0 bridgehead atoms. The van der Waals surface area contributed by atoms with Crippen molar-refractivity contribution >= 4 is 10.8 Å². The third-order valence-corrected chi connectivity index (χ3v) is 7.16. The van der Waals surface area contributed by atoms with Gasteiger partial charge in [-0.05, 0) is 103 Å². The van der Waals surface area contributed by atoms with Crippen molar-refractivity contribution < 1.29 is 0 Å². The van der Waals surface area contributed by atoms with Gasteiger partial charge in [-0.3, -0.25) is 0 Å². The van der Waals surface area contributed by atoms with Crippen molar-refractivity contribution in [2.24, 2.45) is 5.92 Å². The van der Waals surface area contributed by atoms with Crippen LogP contribution in [0.2, 0.25) is 0 Å². The number of hydrogen-bond acceptors (Lipinski definition) is 0. The first-order valence-electron chi connectivity index (χ1n) is 12.0. The maximum Gasteiger partial charge on any atom is -0.0162 e. The Hall–Kier alpha value is -2.34. The lowest BCUT2D eigenvalue weighted by Gasteiger charge is -2.28. The average Bonchev–Trinajstić information content (AvgIpc) is 2.81. The predicted octanol–water partition coefficient (Wildman–Crippen LogP) is 8.43. The molecule has 3 aromatic carbocycles. The number of allylic oxidation sites excluding steroid dienone is 1. The van der Waals surface area contributed by atoms with Crippen LogP contribution in [-0.4, -0.2) is 0 Å². The standard InChI is InChI=1S/C30H36/c1-3-5-6-24-10-15-27(16-11-24)28-17-12-25(13-18-28)7-8-26-14-20-29-21-23(4-2)9-19-30(29)22-26/h3,9,12-14,17-22,24,27H,1,4-8,10-11,15-16H2,2H3. The lowest BCUT2D eigenvalue weighted by atomic mass is 9.77. The molecule has 4 rings (SSSR count). The molecule has 0 aliphatic heterocycles. The fourth-order valence-electron chi connectivity index (χ4n) is 5.10. The fourth-order valence-corrected chi connectivity index (χ4v) is 5.10. The van der Waals surface area contributed by atoms with Gasteiger partial charge in [-0.25, -0.2) is 0 Å². The summed E-state index contributed by atoms with van der Waals surface area (Å²) in [6.07, 6.45) is 13.4. The maximum atomic E-state index is 3.87. The zero-order valence-electron chi connectivity index (χ0n) is 18.6. The minimum absolute atomic E-state index is 0.771. The van der Waals surface area contributed by atoms with Crippen molar-refractivity contribution in [1.82, 2.24) is 0 Å². The molecular formula is C30H36. The van der Waals surface area contributed by atoms with Crippen LogP contribution in [0.4, 0.5) is 0 Å². The molecule has 0 heteroatoms. The van der Waals surface area contributed by atoms with Crippen LogP contribution >= 0.6 is 0 Å². The Kier molecular flexibility index (Phi) is 7.05. The second-order valence-electron chi connectivity index (χ2n) is 9.19. The monoisotopic (exact) mass is 396 g/mol. The van der Waals surface area contributed by atoms with Gasteiger partial charge >= 0.3 is 0 Å². The summed E-state index contributed by atoms with van der Waals surface area (Å²) < 4.78 is 0. The van der Waals surface area contributed by atoms with E-state index in [0.29, 0.717) is 0 Å². The minimum atomic E-state index is 0.771. The van der Waals surface area contributed by atoms with Gasteiger partial charge in [-0.15, -0.1) is 6.58 Å². The molecule has 3 aromatic rings. The highest BCUT2D eigenvalue weighted by Gasteiger charge is 2.21. The molecule has 1 fully saturated rings. The molecule has 0 N–H and O–H groups in total. The predicted molar refractivity (Wildman–Crippen MR) is 131 cm³/mol. The first kappa shape index (κ1) is 20.9. The fraction of sp³-hybridized carbons (Fsp3) is 0.400. The molecule has 0 unspecified atom stereocenters. The summed E-state index contributed by atoms with van der Waals surface area (Å²) in [4.78, 5) is 0. The van der Waals surface area contributed by atoms with Gasteiger partial charge in [-0.1, -0.05) is 73.7 Å². The van der Waals surface area contributed by atoms with Gasteiger partial charge in [0.2, 0.25) is 0 Å². The zero-order valence-corrected chi connectivity index (χ0v) is 18.6. The number of hydrogen-bond donors (Lipinski definition) is 0. The molecule has 1 aliphatic rings. The second kappa shape index (κ2) is 10.1. The van der Waals surface area contributed by atoms with E-state index in [0.717, 1.165) is 31.1 Å². The molecule has 0 heterocycles. The highest BCUT2D eigenvalue weighted by molar-refractivity contribution is 5.83. The summed E-state index contributed by atoms with van der Waals surface area (Å²) in [6, 6.07) is 23.4. The van der Waals surface area contributed by atoms with Gasteiger partial charge in [0.15, 0.2) is 0 Å². The number of aryl methyl sites for hydroxylation is 3. The van der Waals surface area contributed by atoms with Crippen molar-refractivity contribution in [3.63, 3.8) is 0 Å². The third kappa shape index (κ3) is 5.22. The van der Waals surface area contributed by atoms with Crippen LogP contribution in [0.1, 0.15) is 73.6 Å². The Balaban J connectivity index is 1.32. The summed E-state index contributed by atoms with van der Waals surface area (Å²) in [6.45, 7) is 6.09. The average molecular weight is 397 g/mol. The molecule has 0 spiro atoms. The van der Waals surface area contributed by atoms with E-state index in [1.807, 2.05) is 0 Å². The summed E-state index contributed by atoms with van der Waals surface area (Å²) in [5, 5.41) is 2.73. The van der Waals surface area contributed by atoms with Gasteiger partial charge in [0.05, 0.1) is 0 Å². The zero-order chi connectivity index (χ0) is 20.8. The van der Waals surface area contributed by atoms with E-state index in [9.17, 15) is 0 Å². The Labute approximate surface area is 183 Å². The van der Waals surface area contributed by atoms with Crippen molar-refractivity contribution in [2.75, 3.05) is 0 Å². The Morgan fingerprint density at radius 2 is 1.37 bits per heavy atom. The van der Waals surface area contributed by atoms with Crippen molar-refractivity contribution in [3.05, 3.63) is 95.6 Å². The SMILES string of the molecule is C=CCCC1CCC(c2ccc(CCc3ccc4cc(CC)ccc4c3)cc2)CC1. The summed E-state index contributed by atoms with van der Waals surface area (Å²) >= 11 is 0. The van der Waals surface area contributed by atoms with Gasteiger partial charge in [0.25, 0.3) is 0 Å². The van der Waals surface area contributed by atoms with E-state index in [1.54, 1.807) is 5.56 Å². The highest BCUT2D eigenvalue weighted by Crippen LogP contribution is 2.37. The molecule has 0 atom stereocenters. The molecule has 0 nitrogen and oxygen atoms in total. The number of rotatable bonds is 8. The minimum Gasteiger partial charge on any atom is -0.103 e. The Bertz CT molecular complexity index is 955. The Morgan fingerprint density at radius 1 is 0.767 bits per heavy atom. The molecule has 0 amide bonds. The lowest BCUT2D eigenvalue weighted by Crippen LogP contribution is -2.13. The lowest BCUT2D eigenvalue weighted by molar-refractivity contribution is 0.312. The van der Waals surface area contributed by atoms with E-state index in [4.69, 9.17) is 0 Å². The van der Waals surface area contributed by atoms with Crippen LogP contribution in [0.25, 0.3) is 10.8 Å². The molecule has 0 aromatic heterocycles. The van der Waals surface area contributed by atoms with Crippen molar-refractivity contribution in [3.8, 4) is 0 Å². The van der Waals surface area contributed by atoms with E-state index in [-0.39, 0.29) is 0 Å². The smallest absolute Gasteiger partial charge is 0.0162 e. The molecule has 30 heavy (non-hydrogen) atoms. The first-order chi connectivity index (χ1) is 14.7. The van der Waals surface area contributed by atoms with Crippen LogP contribution < -0.4 is 0 Å². The van der Waals surface area contributed by atoms with Crippen LogP contribution in [0.15, 0.2) is 73.3 Å². The number of fused-ring (bicyclic) bond motifs is 1. The molecule has 156 valence electrons. The quantitative estimate of drug-likeness (QED) is 0.335. The van der Waals surface area contributed by atoms with Gasteiger partial charge in [-0.2, -0.15) is 0 Å². The topological polar surface area (TPSA) is 0 Å². The van der Waals surface area contributed by atoms with Gasteiger partial charge in [0.1, 0.15) is 0 Å². The normalized spacial score (nSPS) is 19.1. The van der Waals surface area contributed by atoms with Crippen LogP contribution in [0.5, 0.6) is 0 Å². The number of benzene rings is 3. The van der Waals surface area contributed by atoms with E-state index >= 15 is 0 Å². The van der Waals surface area contributed by atoms with Crippen LogP contribution in [0.3, 0.4) is 0 Å². The maximum absolute atomic E-state index is 3.87. The molecule has 1 aliphatic carbocycles. The summed E-state index contributed by atoms with van der Waals surface area (Å²) in [5.41, 5.74) is 5.87. The summed E-state index contributed by atoms with van der Waals surface area (Å²) in [5.74, 6) is 1.70. The largest absolute Gasteiger partial charge is 0.103 e. The molecule has 1 saturated carbocycles. The highest BCUT2D eigenvalue weighted by atomic mass is 14.3.